The maximum absolute atomic E-state index is 11.3. The normalized spacial score (nSPS) is 12.9. The Morgan fingerprint density at radius 3 is 3.00 bits per heavy atom. The quantitative estimate of drug-likeness (QED) is 0.844. The summed E-state index contributed by atoms with van der Waals surface area (Å²) in [5, 5.41) is 11.8. The van der Waals surface area contributed by atoms with Crippen molar-refractivity contribution in [3.63, 3.8) is 0 Å². The zero-order valence-corrected chi connectivity index (χ0v) is 9.75. The maximum atomic E-state index is 11.3. The number of aromatic carboxylic acids is 1. The van der Waals surface area contributed by atoms with E-state index in [0.29, 0.717) is 17.7 Å². The number of carboxylic acid groups (broad SMARTS) is 1. The number of rotatable bonds is 2. The number of hydrogen-bond donors (Lipinski definition) is 2. The molecule has 1 aliphatic rings. The summed E-state index contributed by atoms with van der Waals surface area (Å²) in [6, 6.07) is 5.27. The molecule has 0 saturated carbocycles. The minimum atomic E-state index is -1.08. The molecule has 6 heteroatoms. The average Bonchev–Trinajstić information content (AvgIpc) is 2.77. The highest BCUT2D eigenvalue weighted by atomic mass is 16.4. The van der Waals surface area contributed by atoms with E-state index in [1.54, 1.807) is 18.2 Å². The fourth-order valence-corrected chi connectivity index (χ4v) is 2.09. The molecule has 94 valence electrons. The van der Waals surface area contributed by atoms with Gasteiger partial charge in [-0.3, -0.25) is 4.79 Å². The topological polar surface area (TPSA) is 92.2 Å². The highest BCUT2D eigenvalue weighted by Gasteiger charge is 2.20. The van der Waals surface area contributed by atoms with Gasteiger partial charge in [0.05, 0.1) is 12.1 Å². The van der Waals surface area contributed by atoms with Crippen molar-refractivity contribution in [1.82, 2.24) is 9.97 Å². The zero-order chi connectivity index (χ0) is 13.4. The lowest BCUT2D eigenvalue weighted by Gasteiger charge is -2.06. The Morgan fingerprint density at radius 1 is 1.37 bits per heavy atom. The first kappa shape index (κ1) is 11.3. The molecule has 0 radical (unpaired) electrons. The van der Waals surface area contributed by atoms with Gasteiger partial charge in [-0.25, -0.2) is 14.8 Å². The predicted octanol–water partition coefficient (Wildman–Crippen LogP) is 1.34. The fourth-order valence-electron chi connectivity index (χ4n) is 2.09. The molecular formula is C13H9N3O3. The third-order valence-electron chi connectivity index (χ3n) is 2.95. The molecule has 2 aromatic rings. The van der Waals surface area contributed by atoms with Gasteiger partial charge < -0.3 is 10.4 Å². The number of nitrogens with one attached hydrogen (secondary N) is 1. The van der Waals surface area contributed by atoms with Crippen molar-refractivity contribution in [3.05, 3.63) is 41.9 Å². The minimum absolute atomic E-state index is 0.0414. The molecule has 2 heterocycles. The number of aromatic nitrogens is 2. The molecule has 0 saturated heterocycles. The Labute approximate surface area is 108 Å². The summed E-state index contributed by atoms with van der Waals surface area (Å²) in [7, 11) is 0. The summed E-state index contributed by atoms with van der Waals surface area (Å²) >= 11 is 0. The second kappa shape index (κ2) is 4.16. The van der Waals surface area contributed by atoms with Gasteiger partial charge in [-0.1, -0.05) is 6.07 Å². The van der Waals surface area contributed by atoms with Crippen molar-refractivity contribution in [2.75, 3.05) is 5.32 Å². The monoisotopic (exact) mass is 255 g/mol. The predicted molar refractivity (Wildman–Crippen MR) is 66.8 cm³/mol. The Kier molecular flexibility index (Phi) is 2.49. The van der Waals surface area contributed by atoms with Crippen molar-refractivity contribution < 1.29 is 14.7 Å². The fraction of sp³-hybridized carbons (Fsp3) is 0.0769. The van der Waals surface area contributed by atoms with E-state index in [2.05, 4.69) is 15.3 Å². The van der Waals surface area contributed by atoms with E-state index in [-0.39, 0.29) is 11.5 Å². The number of hydrogen-bond acceptors (Lipinski definition) is 4. The summed E-state index contributed by atoms with van der Waals surface area (Å²) in [5.41, 5.74) is 2.66. The van der Waals surface area contributed by atoms with Crippen LogP contribution in [0.1, 0.15) is 15.9 Å². The number of carbonyl (C=O) groups excluding carboxylic acids is 1. The molecule has 19 heavy (non-hydrogen) atoms. The van der Waals surface area contributed by atoms with Crippen LogP contribution in [0.25, 0.3) is 11.3 Å². The molecular weight excluding hydrogens is 246 g/mol. The first-order valence-electron chi connectivity index (χ1n) is 5.61. The van der Waals surface area contributed by atoms with Crippen LogP contribution >= 0.6 is 0 Å². The molecule has 3 rings (SSSR count). The van der Waals surface area contributed by atoms with Gasteiger partial charge in [-0.15, -0.1) is 0 Å². The van der Waals surface area contributed by atoms with Crippen molar-refractivity contribution >= 4 is 17.6 Å². The minimum Gasteiger partial charge on any atom is -0.478 e. The molecule has 1 aromatic heterocycles. The Balaban J connectivity index is 2.11. The highest BCUT2D eigenvalue weighted by molar-refractivity contribution is 6.00. The molecule has 6 nitrogen and oxygen atoms in total. The molecule has 0 unspecified atom stereocenters. The third-order valence-corrected chi connectivity index (χ3v) is 2.95. The first-order valence-corrected chi connectivity index (χ1v) is 5.61. The molecule has 1 aromatic carbocycles. The summed E-state index contributed by atoms with van der Waals surface area (Å²) < 4.78 is 0. The highest BCUT2D eigenvalue weighted by Crippen LogP contribution is 2.29. The van der Waals surface area contributed by atoms with Gasteiger partial charge in [-0.05, 0) is 17.7 Å². The smallest absolute Gasteiger partial charge is 0.339 e. The van der Waals surface area contributed by atoms with E-state index in [0.717, 1.165) is 11.3 Å². The van der Waals surface area contributed by atoms with Gasteiger partial charge in [0.25, 0.3) is 0 Å². The number of carboxylic acids is 1. The van der Waals surface area contributed by atoms with E-state index in [9.17, 15) is 9.59 Å². The Bertz CT molecular complexity index is 697. The molecule has 2 N–H and O–H groups in total. The molecule has 0 spiro atoms. The van der Waals surface area contributed by atoms with Gasteiger partial charge >= 0.3 is 5.97 Å². The van der Waals surface area contributed by atoms with E-state index < -0.39 is 5.97 Å². The van der Waals surface area contributed by atoms with Gasteiger partial charge in [0.2, 0.25) is 5.91 Å². The molecule has 0 bridgehead atoms. The van der Waals surface area contributed by atoms with Crippen LogP contribution in [0.3, 0.4) is 0 Å². The zero-order valence-electron chi connectivity index (χ0n) is 9.75. The van der Waals surface area contributed by atoms with Crippen LogP contribution in [0.2, 0.25) is 0 Å². The number of benzene rings is 1. The molecule has 0 fully saturated rings. The molecule has 1 aliphatic heterocycles. The van der Waals surface area contributed by atoms with Crippen molar-refractivity contribution in [1.29, 1.82) is 0 Å². The lowest BCUT2D eigenvalue weighted by molar-refractivity contribution is -0.115. The van der Waals surface area contributed by atoms with Crippen molar-refractivity contribution in [2.24, 2.45) is 0 Å². The van der Waals surface area contributed by atoms with Crippen LogP contribution in [0.4, 0.5) is 5.69 Å². The summed E-state index contributed by atoms with van der Waals surface area (Å²) in [6.45, 7) is 0. The van der Waals surface area contributed by atoms with E-state index in [1.807, 2.05) is 0 Å². The van der Waals surface area contributed by atoms with Crippen molar-refractivity contribution in [3.8, 4) is 11.3 Å². The number of fused-ring (bicyclic) bond motifs is 1. The number of carbonyl (C=O) groups is 2. The third kappa shape index (κ3) is 1.93. The van der Waals surface area contributed by atoms with Crippen molar-refractivity contribution in [2.45, 2.75) is 6.42 Å². The Hall–Kier alpha value is -2.76. The summed E-state index contributed by atoms with van der Waals surface area (Å²) in [5.74, 6) is -1.14. The Morgan fingerprint density at radius 2 is 2.21 bits per heavy atom. The number of amides is 1. The summed E-state index contributed by atoms with van der Waals surface area (Å²) in [4.78, 5) is 30.2. The lowest BCUT2D eigenvalue weighted by atomic mass is 10.0. The van der Waals surface area contributed by atoms with Gasteiger partial charge in [-0.2, -0.15) is 0 Å². The number of nitrogens with zero attached hydrogens (tertiary/aromatic N) is 2. The van der Waals surface area contributed by atoms with Crippen LogP contribution < -0.4 is 5.32 Å². The number of anilines is 1. The van der Waals surface area contributed by atoms with E-state index in [1.165, 1.54) is 12.5 Å². The first-order chi connectivity index (χ1) is 9.15. The van der Waals surface area contributed by atoms with Crippen LogP contribution in [0.5, 0.6) is 0 Å². The molecule has 0 aliphatic carbocycles. The second-order valence-electron chi connectivity index (χ2n) is 4.19. The lowest BCUT2D eigenvalue weighted by Crippen LogP contribution is -2.03. The average molecular weight is 255 g/mol. The molecule has 1 amide bonds. The van der Waals surface area contributed by atoms with E-state index in [4.69, 9.17) is 5.11 Å². The van der Waals surface area contributed by atoms with Crippen LogP contribution in [-0.2, 0) is 11.2 Å². The standard InChI is InChI=1S/C13H9N3O3/c17-11-4-8-3-7(1-2-10(8)16-11)12-9(13(18)19)5-14-6-15-12/h1-3,5-6H,4H2,(H,16,17)(H,18,19). The van der Waals surface area contributed by atoms with Gasteiger partial charge in [0.1, 0.15) is 11.9 Å². The largest absolute Gasteiger partial charge is 0.478 e. The van der Waals surface area contributed by atoms with Crippen LogP contribution in [-0.4, -0.2) is 27.0 Å². The maximum Gasteiger partial charge on any atom is 0.339 e. The summed E-state index contributed by atoms with van der Waals surface area (Å²) in [6.07, 6.45) is 2.87. The van der Waals surface area contributed by atoms with E-state index >= 15 is 0 Å². The SMILES string of the molecule is O=C1Cc2cc(-c3ncncc3C(=O)O)ccc2N1. The van der Waals surface area contributed by atoms with Gasteiger partial charge in [0.15, 0.2) is 0 Å². The van der Waals surface area contributed by atoms with Crippen LogP contribution in [0.15, 0.2) is 30.7 Å². The van der Waals surface area contributed by atoms with Crippen LogP contribution in [0, 0.1) is 0 Å². The molecule has 0 atom stereocenters. The second-order valence-corrected chi connectivity index (χ2v) is 4.19. The van der Waals surface area contributed by atoms with Gasteiger partial charge in [0, 0.05) is 17.4 Å².